The highest BCUT2D eigenvalue weighted by Gasteiger charge is 2.29. The van der Waals surface area contributed by atoms with Gasteiger partial charge in [-0.15, -0.1) is 0 Å². The van der Waals surface area contributed by atoms with Gasteiger partial charge in [-0.2, -0.15) is 13.2 Å². The van der Waals surface area contributed by atoms with Gasteiger partial charge >= 0.3 is 5.51 Å². The molecule has 1 N–H and O–H groups in total. The number of nitrogens with one attached hydrogen (secondary N) is 1. The Morgan fingerprint density at radius 1 is 1.12 bits per heavy atom. The van der Waals surface area contributed by atoms with E-state index in [1.807, 2.05) is 12.1 Å². The molecular formula is C18H18F3N3OS. The molecule has 1 aliphatic rings. The predicted molar refractivity (Wildman–Crippen MR) is 95.2 cm³/mol. The molecule has 0 aliphatic carbocycles. The maximum Gasteiger partial charge on any atom is 0.446 e. The Hall–Kier alpha value is -2.22. The van der Waals surface area contributed by atoms with Crippen LogP contribution in [0.3, 0.4) is 0 Å². The lowest BCUT2D eigenvalue weighted by Gasteiger charge is -2.16. The number of pyridine rings is 1. The van der Waals surface area contributed by atoms with E-state index in [2.05, 4.69) is 15.2 Å². The van der Waals surface area contributed by atoms with Crippen molar-refractivity contribution in [3.05, 3.63) is 53.7 Å². The topological polar surface area (TPSA) is 45.2 Å². The fraction of sp³-hybridized carbons (Fsp3) is 0.333. The molecule has 1 aromatic carbocycles. The molecule has 1 fully saturated rings. The van der Waals surface area contributed by atoms with Crippen molar-refractivity contribution in [2.45, 2.75) is 29.8 Å². The van der Waals surface area contributed by atoms with Gasteiger partial charge in [0.25, 0.3) is 5.91 Å². The van der Waals surface area contributed by atoms with Gasteiger partial charge in [0.15, 0.2) is 0 Å². The maximum atomic E-state index is 12.3. The Balaban J connectivity index is 1.53. The van der Waals surface area contributed by atoms with E-state index in [0.29, 0.717) is 12.1 Å². The van der Waals surface area contributed by atoms with Crippen LogP contribution in [0.15, 0.2) is 47.5 Å². The summed E-state index contributed by atoms with van der Waals surface area (Å²) in [6.45, 7) is 2.35. The molecule has 1 aliphatic heterocycles. The lowest BCUT2D eigenvalue weighted by Crippen LogP contribution is -2.23. The van der Waals surface area contributed by atoms with Crippen LogP contribution in [0.5, 0.6) is 0 Å². The smallest absolute Gasteiger partial charge is 0.357 e. The number of amides is 1. The van der Waals surface area contributed by atoms with E-state index in [0.717, 1.165) is 24.5 Å². The summed E-state index contributed by atoms with van der Waals surface area (Å²) in [6, 6.07) is 9.22. The number of benzene rings is 1. The quantitative estimate of drug-likeness (QED) is 0.788. The Labute approximate surface area is 153 Å². The van der Waals surface area contributed by atoms with Gasteiger partial charge in [0.05, 0.1) is 0 Å². The summed E-state index contributed by atoms with van der Waals surface area (Å²) in [5.41, 5.74) is -3.15. The number of hydrogen-bond acceptors (Lipinski definition) is 4. The first-order valence-electron chi connectivity index (χ1n) is 8.25. The molecule has 0 bridgehead atoms. The summed E-state index contributed by atoms with van der Waals surface area (Å²) in [5, 5.41) is 2.75. The number of carbonyl (C=O) groups is 1. The van der Waals surface area contributed by atoms with E-state index in [9.17, 15) is 18.0 Å². The Kier molecular flexibility index (Phi) is 5.70. The minimum atomic E-state index is -4.34. The van der Waals surface area contributed by atoms with E-state index >= 15 is 0 Å². The summed E-state index contributed by atoms with van der Waals surface area (Å²) in [5.74, 6) is 0.604. The summed E-state index contributed by atoms with van der Waals surface area (Å²) >= 11 is -0.201. The van der Waals surface area contributed by atoms with Gasteiger partial charge in [0.1, 0.15) is 5.82 Å². The van der Waals surface area contributed by atoms with Crippen molar-refractivity contribution in [2.24, 2.45) is 0 Å². The van der Waals surface area contributed by atoms with Crippen molar-refractivity contribution in [2.75, 3.05) is 18.0 Å². The molecule has 0 unspecified atom stereocenters. The maximum absolute atomic E-state index is 12.3. The minimum absolute atomic E-state index is 0.0516. The SMILES string of the molecule is O=C(NCc1ccc(N2CCCC2)nc1)c1ccc(SC(F)(F)F)cc1. The lowest BCUT2D eigenvalue weighted by molar-refractivity contribution is -0.0328. The molecule has 0 saturated carbocycles. The predicted octanol–water partition coefficient (Wildman–Crippen LogP) is 4.22. The largest absolute Gasteiger partial charge is 0.446 e. The van der Waals surface area contributed by atoms with Crippen molar-refractivity contribution in [1.29, 1.82) is 0 Å². The molecule has 138 valence electrons. The zero-order valence-corrected chi connectivity index (χ0v) is 14.7. The first kappa shape index (κ1) is 18.6. The monoisotopic (exact) mass is 381 g/mol. The summed E-state index contributed by atoms with van der Waals surface area (Å²) in [4.78, 5) is 18.8. The number of nitrogens with zero attached hydrogens (tertiary/aromatic N) is 2. The van der Waals surface area contributed by atoms with E-state index < -0.39 is 5.51 Å². The van der Waals surface area contributed by atoms with Crippen LogP contribution in [0.1, 0.15) is 28.8 Å². The number of halogens is 3. The Morgan fingerprint density at radius 2 is 1.81 bits per heavy atom. The number of hydrogen-bond donors (Lipinski definition) is 1. The Morgan fingerprint density at radius 3 is 2.38 bits per heavy atom. The summed E-state index contributed by atoms with van der Waals surface area (Å²) < 4.78 is 36.9. The van der Waals surface area contributed by atoms with Crippen LogP contribution in [0.2, 0.25) is 0 Å². The fourth-order valence-electron chi connectivity index (χ4n) is 2.75. The van der Waals surface area contributed by atoms with Gasteiger partial charge in [-0.05, 0) is 60.5 Å². The highest BCUT2D eigenvalue weighted by molar-refractivity contribution is 8.00. The fourth-order valence-corrected chi connectivity index (χ4v) is 3.29. The van der Waals surface area contributed by atoms with Crippen molar-refractivity contribution >= 4 is 23.5 Å². The van der Waals surface area contributed by atoms with Crippen molar-refractivity contribution < 1.29 is 18.0 Å². The van der Waals surface area contributed by atoms with Crippen LogP contribution >= 0.6 is 11.8 Å². The molecule has 4 nitrogen and oxygen atoms in total. The molecule has 1 saturated heterocycles. The molecule has 1 amide bonds. The second-order valence-corrected chi connectivity index (χ2v) is 7.11. The average Bonchev–Trinajstić information content (AvgIpc) is 3.14. The second kappa shape index (κ2) is 7.99. The van der Waals surface area contributed by atoms with Crippen molar-refractivity contribution in [3.63, 3.8) is 0 Å². The van der Waals surface area contributed by atoms with Gasteiger partial charge in [-0.1, -0.05) is 6.07 Å². The average molecular weight is 381 g/mol. The molecule has 26 heavy (non-hydrogen) atoms. The molecule has 1 aromatic heterocycles. The molecule has 3 rings (SSSR count). The zero-order valence-electron chi connectivity index (χ0n) is 13.9. The van der Waals surface area contributed by atoms with Gasteiger partial charge in [-0.25, -0.2) is 4.98 Å². The van der Waals surface area contributed by atoms with E-state index in [1.54, 1.807) is 6.20 Å². The normalized spacial score (nSPS) is 14.5. The van der Waals surface area contributed by atoms with Crippen LogP contribution in [0.25, 0.3) is 0 Å². The highest BCUT2D eigenvalue weighted by atomic mass is 32.2. The number of aromatic nitrogens is 1. The molecule has 0 atom stereocenters. The van der Waals surface area contributed by atoms with Crippen molar-refractivity contribution in [1.82, 2.24) is 10.3 Å². The summed E-state index contributed by atoms with van der Waals surface area (Å²) in [6.07, 6.45) is 4.09. The molecule has 2 heterocycles. The molecule has 8 heteroatoms. The first-order chi connectivity index (χ1) is 12.4. The van der Waals surface area contributed by atoms with Crippen LogP contribution in [-0.2, 0) is 6.54 Å². The molecule has 2 aromatic rings. The summed E-state index contributed by atoms with van der Waals surface area (Å²) in [7, 11) is 0. The number of anilines is 1. The molecular weight excluding hydrogens is 363 g/mol. The molecule has 0 spiro atoms. The molecule has 0 radical (unpaired) electrons. The second-order valence-electron chi connectivity index (χ2n) is 5.97. The third-order valence-corrected chi connectivity index (χ3v) is 4.78. The van der Waals surface area contributed by atoms with Gasteiger partial charge < -0.3 is 10.2 Å². The van der Waals surface area contributed by atoms with Gasteiger partial charge in [0, 0.05) is 36.3 Å². The van der Waals surface area contributed by atoms with Crippen LogP contribution < -0.4 is 10.2 Å². The highest BCUT2D eigenvalue weighted by Crippen LogP contribution is 2.36. The Bertz CT molecular complexity index is 742. The first-order valence-corrected chi connectivity index (χ1v) is 9.06. The van der Waals surface area contributed by atoms with Crippen molar-refractivity contribution in [3.8, 4) is 0 Å². The van der Waals surface area contributed by atoms with Crippen LogP contribution in [0.4, 0.5) is 19.0 Å². The van der Waals surface area contributed by atoms with Crippen LogP contribution in [0, 0.1) is 0 Å². The number of rotatable bonds is 5. The number of carbonyl (C=O) groups excluding carboxylic acids is 1. The van der Waals surface area contributed by atoms with E-state index in [4.69, 9.17) is 0 Å². The van der Waals surface area contributed by atoms with Gasteiger partial charge in [-0.3, -0.25) is 4.79 Å². The van der Waals surface area contributed by atoms with E-state index in [-0.39, 0.29) is 22.6 Å². The third kappa shape index (κ3) is 5.14. The number of thioether (sulfide) groups is 1. The zero-order chi connectivity index (χ0) is 18.6. The minimum Gasteiger partial charge on any atom is -0.357 e. The third-order valence-electron chi connectivity index (χ3n) is 4.04. The lowest BCUT2D eigenvalue weighted by atomic mass is 10.2. The van der Waals surface area contributed by atoms with Gasteiger partial charge in [0.2, 0.25) is 0 Å². The van der Waals surface area contributed by atoms with E-state index in [1.165, 1.54) is 37.1 Å². The van der Waals surface area contributed by atoms with Crippen LogP contribution in [-0.4, -0.2) is 29.5 Å². The standard InChI is InChI=1S/C18H18F3N3OS/c19-18(20,21)26-15-6-4-14(5-7-15)17(25)23-12-13-3-8-16(22-11-13)24-9-1-2-10-24/h3-8,11H,1-2,9-10,12H2,(H,23,25). The number of alkyl halides is 3.